The predicted molar refractivity (Wildman–Crippen MR) is 43.9 cm³/mol. The van der Waals surface area contributed by atoms with Gasteiger partial charge in [-0.15, -0.1) is 0 Å². The van der Waals surface area contributed by atoms with Gasteiger partial charge in [0.2, 0.25) is 5.76 Å². The van der Waals surface area contributed by atoms with E-state index in [1.54, 1.807) is 0 Å². The molecule has 1 N–H and O–H groups in total. The Hall–Kier alpha value is -1.98. The van der Waals surface area contributed by atoms with E-state index in [-0.39, 0.29) is 11.3 Å². The molecule has 6 nitrogen and oxygen atoms in total. The van der Waals surface area contributed by atoms with E-state index >= 15 is 0 Å². The van der Waals surface area contributed by atoms with Gasteiger partial charge in [-0.25, -0.2) is 4.99 Å². The van der Waals surface area contributed by atoms with E-state index in [1.807, 2.05) is 0 Å². The van der Waals surface area contributed by atoms with Gasteiger partial charge in [-0.3, -0.25) is 14.9 Å². The average Bonchev–Trinajstić information content (AvgIpc) is 1.99. The lowest BCUT2D eigenvalue weighted by molar-refractivity contribution is -0.421. The normalized spacial score (nSPS) is 17.5. The van der Waals surface area contributed by atoms with Crippen molar-refractivity contribution in [3.8, 4) is 0 Å². The van der Waals surface area contributed by atoms with Crippen molar-refractivity contribution in [2.24, 2.45) is 4.99 Å². The molecule has 0 aromatic carbocycles. The maximum atomic E-state index is 10.9. The summed E-state index contributed by atoms with van der Waals surface area (Å²) >= 11 is 0. The average molecular weight is 182 g/mol. The van der Waals surface area contributed by atoms with E-state index in [4.69, 9.17) is 0 Å². The number of dihydropyridines is 1. The molecule has 0 radical (unpaired) electrons. The maximum Gasteiger partial charge on any atom is 0.377 e. The van der Waals surface area contributed by atoms with Crippen LogP contribution in [0.25, 0.3) is 0 Å². The number of rotatable bonds is 1. The van der Waals surface area contributed by atoms with Gasteiger partial charge in [-0.05, 0) is 6.92 Å². The third-order valence-electron chi connectivity index (χ3n) is 1.60. The van der Waals surface area contributed by atoms with Gasteiger partial charge in [-0.2, -0.15) is 0 Å². The number of aliphatic hydroxyl groups is 1. The van der Waals surface area contributed by atoms with Crippen LogP contribution in [0.1, 0.15) is 6.92 Å². The zero-order valence-electron chi connectivity index (χ0n) is 6.77. The van der Waals surface area contributed by atoms with Crippen LogP contribution in [-0.4, -0.2) is 21.6 Å². The molecule has 1 amide bonds. The first-order valence-corrected chi connectivity index (χ1v) is 3.32. The summed E-state index contributed by atoms with van der Waals surface area (Å²) in [5, 5.41) is 19.5. The number of amides is 1. The Bertz CT molecular complexity index is 378. The zero-order valence-corrected chi connectivity index (χ0v) is 6.77. The van der Waals surface area contributed by atoms with Crippen LogP contribution in [0.15, 0.2) is 28.6 Å². The molecule has 68 valence electrons. The SMILES string of the molecule is C=C1C(C)=NC(=O)C([N+](=O)[O-])=C1O. The Labute approximate surface area is 73.0 Å². The summed E-state index contributed by atoms with van der Waals surface area (Å²) in [6.45, 7) is 4.79. The third kappa shape index (κ3) is 1.33. The Morgan fingerprint density at radius 3 is 2.62 bits per heavy atom. The van der Waals surface area contributed by atoms with Crippen molar-refractivity contribution < 1.29 is 14.8 Å². The molecule has 0 aromatic heterocycles. The quantitative estimate of drug-likeness (QED) is 0.474. The van der Waals surface area contributed by atoms with Crippen LogP contribution in [0.3, 0.4) is 0 Å². The highest BCUT2D eigenvalue weighted by Gasteiger charge is 2.33. The lowest BCUT2D eigenvalue weighted by Gasteiger charge is -2.08. The molecule has 0 saturated carbocycles. The van der Waals surface area contributed by atoms with E-state index in [0.717, 1.165) is 0 Å². The van der Waals surface area contributed by atoms with Gasteiger partial charge < -0.3 is 5.11 Å². The number of carbonyl (C=O) groups is 1. The number of carbonyl (C=O) groups excluding carboxylic acids is 1. The largest absolute Gasteiger partial charge is 0.501 e. The van der Waals surface area contributed by atoms with Gasteiger partial charge in [0.1, 0.15) is 0 Å². The molecule has 0 saturated heterocycles. The van der Waals surface area contributed by atoms with E-state index in [9.17, 15) is 20.0 Å². The van der Waals surface area contributed by atoms with Crippen molar-refractivity contribution in [2.75, 3.05) is 0 Å². The summed E-state index contributed by atoms with van der Waals surface area (Å²) in [5.41, 5.74) is -0.727. The van der Waals surface area contributed by atoms with Crippen LogP contribution in [0.4, 0.5) is 0 Å². The molecule has 0 aliphatic carbocycles. The van der Waals surface area contributed by atoms with Crippen LogP contribution in [0.2, 0.25) is 0 Å². The first-order chi connectivity index (χ1) is 5.95. The van der Waals surface area contributed by atoms with Gasteiger partial charge in [0.05, 0.1) is 10.6 Å². The lowest BCUT2D eigenvalue weighted by atomic mass is 10.1. The summed E-state index contributed by atoms with van der Waals surface area (Å²) in [7, 11) is 0. The van der Waals surface area contributed by atoms with E-state index in [0.29, 0.717) is 0 Å². The molecule has 0 spiro atoms. The second-order valence-electron chi connectivity index (χ2n) is 2.44. The Morgan fingerprint density at radius 2 is 2.15 bits per heavy atom. The van der Waals surface area contributed by atoms with Crippen LogP contribution in [-0.2, 0) is 4.79 Å². The molecule has 0 bridgehead atoms. The minimum absolute atomic E-state index is 0.00583. The van der Waals surface area contributed by atoms with Crippen molar-refractivity contribution in [2.45, 2.75) is 6.92 Å². The number of hydrogen-bond acceptors (Lipinski definition) is 4. The molecule has 1 heterocycles. The first-order valence-electron chi connectivity index (χ1n) is 3.32. The predicted octanol–water partition coefficient (Wildman–Crippen LogP) is 0.590. The summed E-state index contributed by atoms with van der Waals surface area (Å²) < 4.78 is 0. The Balaban J connectivity index is 3.29. The van der Waals surface area contributed by atoms with Crippen molar-refractivity contribution in [1.82, 2.24) is 0 Å². The Kier molecular flexibility index (Phi) is 1.97. The van der Waals surface area contributed by atoms with Gasteiger partial charge in [0.15, 0.2) is 0 Å². The second kappa shape index (κ2) is 2.81. The highest BCUT2D eigenvalue weighted by Crippen LogP contribution is 2.19. The fourth-order valence-corrected chi connectivity index (χ4v) is 0.853. The standard InChI is InChI=1S/C7H6N2O4/c1-3-4(2)8-7(11)5(6(3)10)9(12)13/h10H,1H2,2H3. The van der Waals surface area contributed by atoms with Crippen LogP contribution < -0.4 is 0 Å². The van der Waals surface area contributed by atoms with Crippen molar-refractivity contribution in [3.63, 3.8) is 0 Å². The Morgan fingerprint density at radius 1 is 1.62 bits per heavy atom. The molecule has 13 heavy (non-hydrogen) atoms. The number of aliphatic imine (C=N–C) groups is 1. The molecule has 1 aliphatic heterocycles. The molecule has 1 aliphatic rings. The fraction of sp³-hybridized carbons (Fsp3) is 0.143. The van der Waals surface area contributed by atoms with Crippen LogP contribution >= 0.6 is 0 Å². The number of nitro groups is 1. The van der Waals surface area contributed by atoms with E-state index in [1.165, 1.54) is 6.92 Å². The number of allylic oxidation sites excluding steroid dienone is 1. The second-order valence-corrected chi connectivity index (χ2v) is 2.44. The van der Waals surface area contributed by atoms with Gasteiger partial charge >= 0.3 is 11.6 Å². The van der Waals surface area contributed by atoms with Crippen LogP contribution in [0.5, 0.6) is 0 Å². The molecule has 0 fully saturated rings. The monoisotopic (exact) mass is 182 g/mol. The molecular formula is C7H6N2O4. The summed E-state index contributed by atoms with van der Waals surface area (Å²) in [6.07, 6.45) is 0. The van der Waals surface area contributed by atoms with Crippen molar-refractivity contribution >= 4 is 11.6 Å². The molecule has 0 aromatic rings. The number of aliphatic hydroxyl groups excluding tert-OH is 1. The fourth-order valence-electron chi connectivity index (χ4n) is 0.853. The van der Waals surface area contributed by atoms with E-state index < -0.39 is 22.3 Å². The number of nitrogens with zero attached hydrogens (tertiary/aromatic N) is 2. The highest BCUT2D eigenvalue weighted by molar-refractivity contribution is 6.14. The molecular weight excluding hydrogens is 176 g/mol. The topological polar surface area (TPSA) is 92.8 Å². The lowest BCUT2D eigenvalue weighted by Crippen LogP contribution is -2.20. The smallest absolute Gasteiger partial charge is 0.377 e. The maximum absolute atomic E-state index is 10.9. The molecule has 6 heteroatoms. The van der Waals surface area contributed by atoms with Crippen molar-refractivity contribution in [1.29, 1.82) is 0 Å². The highest BCUT2D eigenvalue weighted by atomic mass is 16.6. The third-order valence-corrected chi connectivity index (χ3v) is 1.60. The van der Waals surface area contributed by atoms with Crippen LogP contribution in [0, 0.1) is 10.1 Å². The zero-order chi connectivity index (χ0) is 10.2. The molecule has 0 atom stereocenters. The summed E-state index contributed by atoms with van der Waals surface area (Å²) in [5.74, 6) is -1.75. The molecule has 1 rings (SSSR count). The first kappa shape index (κ1) is 9.11. The van der Waals surface area contributed by atoms with E-state index in [2.05, 4.69) is 11.6 Å². The minimum Gasteiger partial charge on any atom is -0.501 e. The number of hydrogen-bond donors (Lipinski definition) is 1. The summed E-state index contributed by atoms with van der Waals surface area (Å²) in [6, 6.07) is 0. The minimum atomic E-state index is -1.05. The van der Waals surface area contributed by atoms with Gasteiger partial charge in [0.25, 0.3) is 0 Å². The molecule has 0 unspecified atom stereocenters. The van der Waals surface area contributed by atoms with Gasteiger partial charge in [-0.1, -0.05) is 6.58 Å². The van der Waals surface area contributed by atoms with Crippen molar-refractivity contribution in [3.05, 3.63) is 33.7 Å². The van der Waals surface area contributed by atoms with Gasteiger partial charge in [0, 0.05) is 5.57 Å². The summed E-state index contributed by atoms with van der Waals surface area (Å²) in [4.78, 5) is 23.6.